The maximum absolute atomic E-state index is 11.1. The van der Waals surface area contributed by atoms with Crippen LogP contribution in [0, 0.1) is 6.92 Å². The van der Waals surface area contributed by atoms with E-state index < -0.39 is 0 Å². The molecule has 1 fully saturated rings. The van der Waals surface area contributed by atoms with E-state index in [0.717, 1.165) is 43.0 Å². The summed E-state index contributed by atoms with van der Waals surface area (Å²) < 4.78 is 0. The fourth-order valence-electron chi connectivity index (χ4n) is 2.53. The summed E-state index contributed by atoms with van der Waals surface area (Å²) in [6.45, 7) is 5.89. The highest BCUT2D eigenvalue weighted by molar-refractivity contribution is 5.73. The average Bonchev–Trinajstić information content (AvgIpc) is 2.39. The molecule has 1 aliphatic heterocycles. The fraction of sp³-hybridized carbons (Fsp3) is 0.571. The molecule has 5 nitrogen and oxygen atoms in total. The standard InChI is InChI=1S/C14H22N4O/c1-10-3-4-12(9-15)14(16-10)18-7-5-13(6-8-18)17-11(2)19/h3-4,13H,5-9,15H2,1-2H3,(H,17,19). The van der Waals surface area contributed by atoms with Gasteiger partial charge in [-0.3, -0.25) is 4.79 Å². The van der Waals surface area contributed by atoms with Gasteiger partial charge in [0.1, 0.15) is 5.82 Å². The van der Waals surface area contributed by atoms with Crippen LogP contribution in [0.25, 0.3) is 0 Å². The molecule has 1 saturated heterocycles. The van der Waals surface area contributed by atoms with Gasteiger partial charge >= 0.3 is 0 Å². The van der Waals surface area contributed by atoms with Gasteiger partial charge in [0.15, 0.2) is 0 Å². The monoisotopic (exact) mass is 262 g/mol. The van der Waals surface area contributed by atoms with Crippen LogP contribution in [0.2, 0.25) is 0 Å². The SMILES string of the molecule is CC(=O)NC1CCN(c2nc(C)ccc2CN)CC1. The van der Waals surface area contributed by atoms with Gasteiger partial charge in [0.2, 0.25) is 5.91 Å². The zero-order valence-corrected chi connectivity index (χ0v) is 11.6. The Morgan fingerprint density at radius 1 is 1.47 bits per heavy atom. The van der Waals surface area contributed by atoms with Crippen molar-refractivity contribution in [2.45, 2.75) is 39.3 Å². The Labute approximate surface area is 114 Å². The molecule has 2 rings (SSSR count). The number of anilines is 1. The van der Waals surface area contributed by atoms with Crippen molar-refractivity contribution in [1.82, 2.24) is 10.3 Å². The molecule has 1 aromatic heterocycles. The van der Waals surface area contributed by atoms with Crippen molar-refractivity contribution in [1.29, 1.82) is 0 Å². The Morgan fingerprint density at radius 3 is 2.74 bits per heavy atom. The molecule has 0 atom stereocenters. The first-order chi connectivity index (χ1) is 9.10. The Kier molecular flexibility index (Phi) is 4.37. The predicted octanol–water partition coefficient (Wildman–Crippen LogP) is 0.954. The summed E-state index contributed by atoms with van der Waals surface area (Å²) >= 11 is 0. The van der Waals surface area contributed by atoms with Gasteiger partial charge < -0.3 is 16.0 Å². The van der Waals surface area contributed by atoms with Crippen molar-refractivity contribution in [2.75, 3.05) is 18.0 Å². The number of nitrogens with one attached hydrogen (secondary N) is 1. The first kappa shape index (κ1) is 13.8. The molecule has 0 radical (unpaired) electrons. The van der Waals surface area contributed by atoms with E-state index in [0.29, 0.717) is 12.6 Å². The van der Waals surface area contributed by atoms with E-state index >= 15 is 0 Å². The highest BCUT2D eigenvalue weighted by Gasteiger charge is 2.22. The topological polar surface area (TPSA) is 71.2 Å². The molecule has 1 aliphatic rings. The van der Waals surface area contributed by atoms with Crippen molar-refractivity contribution in [3.05, 3.63) is 23.4 Å². The molecule has 0 saturated carbocycles. The highest BCUT2D eigenvalue weighted by Crippen LogP contribution is 2.22. The lowest BCUT2D eigenvalue weighted by molar-refractivity contribution is -0.119. The molecule has 104 valence electrons. The average molecular weight is 262 g/mol. The second-order valence-corrected chi connectivity index (χ2v) is 5.10. The Hall–Kier alpha value is -1.62. The van der Waals surface area contributed by atoms with E-state index in [2.05, 4.69) is 21.3 Å². The van der Waals surface area contributed by atoms with Crippen molar-refractivity contribution in [2.24, 2.45) is 5.73 Å². The number of pyridine rings is 1. The number of hydrogen-bond acceptors (Lipinski definition) is 4. The normalized spacial score (nSPS) is 16.5. The molecular formula is C14H22N4O. The summed E-state index contributed by atoms with van der Waals surface area (Å²) in [5.41, 5.74) is 7.87. The number of hydrogen-bond donors (Lipinski definition) is 2. The fourth-order valence-corrected chi connectivity index (χ4v) is 2.53. The minimum absolute atomic E-state index is 0.0507. The van der Waals surface area contributed by atoms with E-state index in [1.54, 1.807) is 6.92 Å². The van der Waals surface area contributed by atoms with Gasteiger partial charge in [0.25, 0.3) is 0 Å². The predicted molar refractivity (Wildman–Crippen MR) is 75.9 cm³/mol. The van der Waals surface area contributed by atoms with Gasteiger partial charge in [-0.2, -0.15) is 0 Å². The van der Waals surface area contributed by atoms with Crippen LogP contribution < -0.4 is 16.0 Å². The summed E-state index contributed by atoms with van der Waals surface area (Å²) in [6, 6.07) is 4.34. The smallest absolute Gasteiger partial charge is 0.217 e. The number of piperidine rings is 1. The van der Waals surface area contributed by atoms with E-state index in [1.165, 1.54) is 0 Å². The zero-order valence-electron chi connectivity index (χ0n) is 11.6. The highest BCUT2D eigenvalue weighted by atomic mass is 16.1. The molecule has 5 heteroatoms. The summed E-state index contributed by atoms with van der Waals surface area (Å²) in [5.74, 6) is 1.05. The second-order valence-electron chi connectivity index (χ2n) is 5.10. The van der Waals surface area contributed by atoms with Gasteiger partial charge in [-0.15, -0.1) is 0 Å². The lowest BCUT2D eigenvalue weighted by Gasteiger charge is -2.34. The Balaban J connectivity index is 2.05. The van der Waals surface area contributed by atoms with Crippen LogP contribution in [0.5, 0.6) is 0 Å². The maximum atomic E-state index is 11.1. The van der Waals surface area contributed by atoms with Crippen LogP contribution in [-0.2, 0) is 11.3 Å². The van der Waals surface area contributed by atoms with E-state index in [-0.39, 0.29) is 5.91 Å². The van der Waals surface area contributed by atoms with Gasteiger partial charge in [0, 0.05) is 43.9 Å². The van der Waals surface area contributed by atoms with Crippen molar-refractivity contribution < 1.29 is 4.79 Å². The number of rotatable bonds is 3. The summed E-state index contributed by atoms with van der Waals surface area (Å²) in [7, 11) is 0. The zero-order chi connectivity index (χ0) is 13.8. The molecule has 3 N–H and O–H groups in total. The van der Waals surface area contributed by atoms with E-state index in [9.17, 15) is 4.79 Å². The Bertz CT molecular complexity index is 453. The van der Waals surface area contributed by atoms with Gasteiger partial charge in [-0.1, -0.05) is 6.07 Å². The molecule has 0 bridgehead atoms. The van der Waals surface area contributed by atoms with Gasteiger partial charge in [-0.25, -0.2) is 4.98 Å². The number of nitrogens with two attached hydrogens (primary N) is 1. The van der Waals surface area contributed by atoms with Crippen LogP contribution >= 0.6 is 0 Å². The van der Waals surface area contributed by atoms with Crippen molar-refractivity contribution >= 4 is 11.7 Å². The minimum Gasteiger partial charge on any atom is -0.356 e. The molecule has 0 aromatic carbocycles. The molecule has 1 aromatic rings. The molecule has 0 aliphatic carbocycles. The third kappa shape index (κ3) is 3.44. The molecule has 19 heavy (non-hydrogen) atoms. The number of carbonyl (C=O) groups is 1. The van der Waals surface area contributed by atoms with E-state index in [1.807, 2.05) is 13.0 Å². The first-order valence-corrected chi connectivity index (χ1v) is 6.79. The Morgan fingerprint density at radius 2 is 2.16 bits per heavy atom. The van der Waals surface area contributed by atoms with Crippen LogP contribution in [0.3, 0.4) is 0 Å². The summed E-state index contributed by atoms with van der Waals surface area (Å²) in [5, 5.41) is 2.98. The van der Waals surface area contributed by atoms with Crippen LogP contribution in [-0.4, -0.2) is 30.0 Å². The van der Waals surface area contributed by atoms with E-state index in [4.69, 9.17) is 5.73 Å². The number of aryl methyl sites for hydroxylation is 1. The lowest BCUT2D eigenvalue weighted by atomic mass is 10.0. The van der Waals surface area contributed by atoms with Crippen LogP contribution in [0.15, 0.2) is 12.1 Å². The lowest BCUT2D eigenvalue weighted by Crippen LogP contribution is -2.44. The maximum Gasteiger partial charge on any atom is 0.217 e. The molecule has 0 unspecified atom stereocenters. The number of aromatic nitrogens is 1. The quantitative estimate of drug-likeness (QED) is 0.851. The second kappa shape index (κ2) is 6.02. The van der Waals surface area contributed by atoms with Crippen LogP contribution in [0.4, 0.5) is 5.82 Å². The van der Waals surface area contributed by atoms with Crippen molar-refractivity contribution in [3.8, 4) is 0 Å². The molecule has 2 heterocycles. The first-order valence-electron chi connectivity index (χ1n) is 6.79. The number of carbonyl (C=O) groups excluding carboxylic acids is 1. The molecular weight excluding hydrogens is 240 g/mol. The van der Waals surface area contributed by atoms with Gasteiger partial charge in [0.05, 0.1) is 0 Å². The largest absolute Gasteiger partial charge is 0.356 e. The molecule has 1 amide bonds. The summed E-state index contributed by atoms with van der Waals surface area (Å²) in [6.07, 6.45) is 1.92. The summed E-state index contributed by atoms with van der Waals surface area (Å²) in [4.78, 5) is 17.9. The van der Waals surface area contributed by atoms with Crippen LogP contribution in [0.1, 0.15) is 31.0 Å². The number of nitrogens with zero attached hydrogens (tertiary/aromatic N) is 2. The third-order valence-corrected chi connectivity index (χ3v) is 3.52. The van der Waals surface area contributed by atoms with Crippen molar-refractivity contribution in [3.63, 3.8) is 0 Å². The molecule has 0 spiro atoms. The third-order valence-electron chi connectivity index (χ3n) is 3.52. The number of amides is 1. The van der Waals surface area contributed by atoms with Gasteiger partial charge in [-0.05, 0) is 25.8 Å². The minimum atomic E-state index is 0.0507.